The second-order valence-electron chi connectivity index (χ2n) is 5.36. The second kappa shape index (κ2) is 7.69. The average molecular weight is 292 g/mol. The molecule has 0 bridgehead atoms. The Balaban J connectivity index is 2.45. The first kappa shape index (κ1) is 17.0. The highest BCUT2D eigenvalue weighted by Gasteiger charge is 2.30. The number of nitrogens with one attached hydrogen (secondary N) is 1. The van der Waals surface area contributed by atoms with Crippen LogP contribution in [0.4, 0.5) is 13.2 Å². The van der Waals surface area contributed by atoms with Gasteiger partial charge in [0.05, 0.1) is 19.4 Å². The Morgan fingerprint density at radius 1 is 1.35 bits per heavy atom. The van der Waals surface area contributed by atoms with E-state index in [0.717, 1.165) is 12.1 Å². The summed E-state index contributed by atoms with van der Waals surface area (Å²) in [5, 5.41) is 3.27. The molecule has 1 heterocycles. The van der Waals surface area contributed by atoms with Gasteiger partial charge in [-0.1, -0.05) is 20.8 Å². The third-order valence-electron chi connectivity index (χ3n) is 2.82. The lowest BCUT2D eigenvalue weighted by molar-refractivity contribution is -0.147. The maximum absolute atomic E-state index is 12.4. The number of alkyl halides is 3. The molecule has 0 saturated heterocycles. The van der Waals surface area contributed by atoms with Crippen LogP contribution in [0.1, 0.15) is 32.1 Å². The van der Waals surface area contributed by atoms with Crippen LogP contribution in [-0.2, 0) is 13.1 Å². The fraction of sp³-hybridized carbons (Fsp3) is 0.714. The highest BCUT2D eigenvalue weighted by Crippen LogP contribution is 2.18. The Kier molecular flexibility index (Phi) is 6.55. The van der Waals surface area contributed by atoms with Crippen LogP contribution in [0, 0.1) is 5.92 Å². The maximum Gasteiger partial charge on any atom is 0.401 e. The van der Waals surface area contributed by atoms with E-state index in [1.807, 2.05) is 6.07 Å². The van der Waals surface area contributed by atoms with Gasteiger partial charge in [-0.2, -0.15) is 13.2 Å². The van der Waals surface area contributed by atoms with Gasteiger partial charge in [0, 0.05) is 12.1 Å². The van der Waals surface area contributed by atoms with Gasteiger partial charge in [-0.15, -0.1) is 0 Å². The lowest BCUT2D eigenvalue weighted by Crippen LogP contribution is -2.33. The summed E-state index contributed by atoms with van der Waals surface area (Å²) in [4.78, 5) is 1.31. The summed E-state index contributed by atoms with van der Waals surface area (Å²) in [5.41, 5.74) is 0.962. The molecule has 0 aromatic carbocycles. The van der Waals surface area contributed by atoms with Crippen molar-refractivity contribution in [2.45, 2.75) is 40.0 Å². The lowest BCUT2D eigenvalue weighted by Gasteiger charge is -2.20. The summed E-state index contributed by atoms with van der Waals surface area (Å²) < 4.78 is 42.4. The Morgan fingerprint density at radius 2 is 2.05 bits per heavy atom. The summed E-state index contributed by atoms with van der Waals surface area (Å²) in [6.07, 6.45) is -2.58. The molecule has 0 saturated carbocycles. The first-order valence-electron chi connectivity index (χ1n) is 6.86. The third kappa shape index (κ3) is 6.96. The van der Waals surface area contributed by atoms with Crippen molar-refractivity contribution >= 4 is 0 Å². The summed E-state index contributed by atoms with van der Waals surface area (Å²) >= 11 is 0. The van der Waals surface area contributed by atoms with Crippen LogP contribution in [0.25, 0.3) is 0 Å². The first-order chi connectivity index (χ1) is 9.30. The van der Waals surface area contributed by atoms with Gasteiger partial charge in [0.15, 0.2) is 0 Å². The van der Waals surface area contributed by atoms with Crippen molar-refractivity contribution < 1.29 is 17.6 Å². The molecule has 1 N–H and O–H groups in total. The molecular formula is C14H23F3N2O. The molecule has 0 spiro atoms. The van der Waals surface area contributed by atoms with Crippen LogP contribution < -0.4 is 5.32 Å². The van der Waals surface area contributed by atoms with Gasteiger partial charge in [0.2, 0.25) is 0 Å². The molecule has 1 aromatic heterocycles. The first-order valence-corrected chi connectivity index (χ1v) is 6.86. The normalized spacial score (nSPS) is 12.6. The molecule has 3 nitrogen and oxygen atoms in total. The fourth-order valence-electron chi connectivity index (χ4n) is 1.86. The standard InChI is InChI=1S/C14H23F3N2O/c1-4-19(10-14(15,16)17)8-13-5-12(9-20-13)7-18-6-11(2)3/h5,9,11,18H,4,6-8,10H2,1-3H3. The van der Waals surface area contributed by atoms with Gasteiger partial charge in [-0.25, -0.2) is 0 Å². The largest absolute Gasteiger partial charge is 0.468 e. The molecule has 0 aliphatic heterocycles. The molecular weight excluding hydrogens is 269 g/mol. The topological polar surface area (TPSA) is 28.4 Å². The Bertz CT molecular complexity index is 388. The molecule has 0 atom stereocenters. The second-order valence-corrected chi connectivity index (χ2v) is 5.36. The van der Waals surface area contributed by atoms with Gasteiger partial charge < -0.3 is 9.73 Å². The van der Waals surface area contributed by atoms with E-state index in [4.69, 9.17) is 4.42 Å². The molecule has 0 aliphatic rings. The van der Waals surface area contributed by atoms with Crippen LogP contribution in [-0.4, -0.2) is 30.7 Å². The van der Waals surface area contributed by atoms with Crippen molar-refractivity contribution in [2.75, 3.05) is 19.6 Å². The van der Waals surface area contributed by atoms with Gasteiger partial charge in [0.25, 0.3) is 0 Å². The summed E-state index contributed by atoms with van der Waals surface area (Å²) in [5.74, 6) is 1.13. The molecule has 0 radical (unpaired) electrons. The molecule has 1 rings (SSSR count). The molecule has 0 unspecified atom stereocenters. The van der Waals surface area contributed by atoms with Gasteiger partial charge >= 0.3 is 6.18 Å². The molecule has 6 heteroatoms. The molecule has 116 valence electrons. The minimum Gasteiger partial charge on any atom is -0.468 e. The van der Waals surface area contributed by atoms with E-state index in [9.17, 15) is 13.2 Å². The van der Waals surface area contributed by atoms with E-state index in [0.29, 0.717) is 24.8 Å². The molecule has 1 aromatic rings. The van der Waals surface area contributed by atoms with Gasteiger partial charge in [0.1, 0.15) is 5.76 Å². The number of halogens is 3. The van der Waals surface area contributed by atoms with Gasteiger partial charge in [-0.3, -0.25) is 4.90 Å². The predicted molar refractivity (Wildman–Crippen MR) is 72.3 cm³/mol. The number of rotatable bonds is 8. The SMILES string of the molecule is CCN(Cc1cc(CNCC(C)C)co1)CC(F)(F)F. The maximum atomic E-state index is 12.4. The summed E-state index contributed by atoms with van der Waals surface area (Å²) in [6, 6.07) is 1.81. The van der Waals surface area contributed by atoms with Gasteiger partial charge in [-0.05, 0) is 25.1 Å². The van der Waals surface area contributed by atoms with E-state index in [1.165, 1.54) is 4.90 Å². The highest BCUT2D eigenvalue weighted by molar-refractivity contribution is 5.12. The van der Waals surface area contributed by atoms with Crippen molar-refractivity contribution in [3.8, 4) is 0 Å². The van der Waals surface area contributed by atoms with Crippen molar-refractivity contribution in [1.29, 1.82) is 0 Å². The smallest absolute Gasteiger partial charge is 0.401 e. The van der Waals surface area contributed by atoms with E-state index < -0.39 is 12.7 Å². The molecule has 0 amide bonds. The number of hydrogen-bond acceptors (Lipinski definition) is 3. The quantitative estimate of drug-likeness (QED) is 0.796. The van der Waals surface area contributed by atoms with E-state index >= 15 is 0 Å². The highest BCUT2D eigenvalue weighted by atomic mass is 19.4. The van der Waals surface area contributed by atoms with E-state index in [1.54, 1.807) is 13.2 Å². The predicted octanol–water partition coefficient (Wildman–Crippen LogP) is 3.41. The van der Waals surface area contributed by atoms with Crippen molar-refractivity contribution in [3.05, 3.63) is 23.7 Å². The average Bonchev–Trinajstić information content (AvgIpc) is 2.73. The summed E-state index contributed by atoms with van der Waals surface area (Å²) in [7, 11) is 0. The van der Waals surface area contributed by atoms with Crippen LogP contribution in [0.3, 0.4) is 0 Å². The van der Waals surface area contributed by atoms with Crippen molar-refractivity contribution in [1.82, 2.24) is 10.2 Å². The minimum absolute atomic E-state index is 0.181. The lowest BCUT2D eigenvalue weighted by atomic mass is 10.2. The third-order valence-corrected chi connectivity index (χ3v) is 2.82. The zero-order valence-corrected chi connectivity index (χ0v) is 12.3. The number of hydrogen-bond donors (Lipinski definition) is 1. The minimum atomic E-state index is -4.18. The number of nitrogens with zero attached hydrogens (tertiary/aromatic N) is 1. The summed E-state index contributed by atoms with van der Waals surface area (Å²) in [6.45, 7) is 7.11. The van der Waals surface area contributed by atoms with Crippen LogP contribution in [0.5, 0.6) is 0 Å². The van der Waals surface area contributed by atoms with Crippen LogP contribution >= 0.6 is 0 Å². The Morgan fingerprint density at radius 3 is 2.60 bits per heavy atom. The van der Waals surface area contributed by atoms with Crippen molar-refractivity contribution in [3.63, 3.8) is 0 Å². The molecule has 20 heavy (non-hydrogen) atoms. The van der Waals surface area contributed by atoms with Crippen molar-refractivity contribution in [2.24, 2.45) is 5.92 Å². The fourth-order valence-corrected chi connectivity index (χ4v) is 1.86. The Hall–Kier alpha value is -1.01. The van der Waals surface area contributed by atoms with E-state index in [2.05, 4.69) is 19.2 Å². The zero-order chi connectivity index (χ0) is 15.2. The Labute approximate surface area is 118 Å². The van der Waals surface area contributed by atoms with Crippen LogP contribution in [0.15, 0.2) is 16.7 Å². The molecule has 0 aliphatic carbocycles. The monoisotopic (exact) mass is 292 g/mol. The van der Waals surface area contributed by atoms with E-state index in [-0.39, 0.29) is 6.54 Å². The number of furan rings is 1. The van der Waals surface area contributed by atoms with Crippen LogP contribution in [0.2, 0.25) is 0 Å². The zero-order valence-electron chi connectivity index (χ0n) is 12.3. The molecule has 0 fully saturated rings.